The van der Waals surface area contributed by atoms with Crippen LogP contribution in [-0.2, 0) is 11.3 Å². The van der Waals surface area contributed by atoms with Crippen LogP contribution < -0.4 is 10.9 Å². The third-order valence-corrected chi connectivity index (χ3v) is 2.63. The van der Waals surface area contributed by atoms with Crippen molar-refractivity contribution in [1.82, 2.24) is 4.57 Å². The summed E-state index contributed by atoms with van der Waals surface area (Å²) in [6, 6.07) is 10.7. The van der Waals surface area contributed by atoms with Crippen LogP contribution in [0, 0.1) is 5.82 Å². The summed E-state index contributed by atoms with van der Waals surface area (Å²) in [6.45, 7) is 0.264. The summed E-state index contributed by atoms with van der Waals surface area (Å²) in [4.78, 5) is 23.1. The number of amides is 1. The lowest BCUT2D eigenvalue weighted by molar-refractivity contribution is -0.116. The number of hydrogen-bond donors (Lipinski definition) is 1. The maximum atomic E-state index is 13.3. The van der Waals surface area contributed by atoms with Crippen molar-refractivity contribution < 1.29 is 9.18 Å². The summed E-state index contributed by atoms with van der Waals surface area (Å²) in [7, 11) is 0. The number of hydrogen-bond acceptors (Lipinski definition) is 2. The third kappa shape index (κ3) is 3.51. The molecule has 0 spiro atoms. The largest absolute Gasteiger partial charge is 0.324 e. The molecular formula is C14H13FN2O2. The SMILES string of the molecule is O=C(CCn1ccccc1=O)Nc1ccccc1F. The van der Waals surface area contributed by atoms with Crippen LogP contribution in [0.5, 0.6) is 0 Å². The molecule has 0 saturated carbocycles. The number of nitrogens with zero attached hydrogens (tertiary/aromatic N) is 1. The molecule has 0 aliphatic rings. The lowest BCUT2D eigenvalue weighted by Crippen LogP contribution is -2.22. The van der Waals surface area contributed by atoms with Gasteiger partial charge in [0.15, 0.2) is 0 Å². The highest BCUT2D eigenvalue weighted by Crippen LogP contribution is 2.12. The Labute approximate surface area is 109 Å². The molecule has 4 nitrogen and oxygen atoms in total. The van der Waals surface area contributed by atoms with Gasteiger partial charge in [0, 0.05) is 25.2 Å². The van der Waals surface area contributed by atoms with Gasteiger partial charge in [0.1, 0.15) is 5.82 Å². The second kappa shape index (κ2) is 5.95. The van der Waals surface area contributed by atoms with Gasteiger partial charge in [0.2, 0.25) is 5.91 Å². The fourth-order valence-corrected chi connectivity index (χ4v) is 1.64. The number of halogens is 1. The van der Waals surface area contributed by atoms with Gasteiger partial charge in [0.25, 0.3) is 5.56 Å². The highest BCUT2D eigenvalue weighted by molar-refractivity contribution is 5.90. The number of carbonyl (C=O) groups is 1. The van der Waals surface area contributed by atoms with Crippen molar-refractivity contribution in [2.24, 2.45) is 0 Å². The van der Waals surface area contributed by atoms with Crippen LogP contribution in [0.15, 0.2) is 53.5 Å². The topological polar surface area (TPSA) is 51.1 Å². The normalized spacial score (nSPS) is 10.2. The van der Waals surface area contributed by atoms with E-state index < -0.39 is 5.82 Å². The van der Waals surface area contributed by atoms with Gasteiger partial charge in [-0.15, -0.1) is 0 Å². The molecule has 0 aliphatic heterocycles. The first-order chi connectivity index (χ1) is 9.16. The molecule has 0 aliphatic carbocycles. The van der Waals surface area contributed by atoms with Gasteiger partial charge in [-0.2, -0.15) is 0 Å². The molecule has 1 aromatic heterocycles. The third-order valence-electron chi connectivity index (χ3n) is 2.63. The molecule has 1 amide bonds. The molecule has 5 heteroatoms. The van der Waals surface area contributed by atoms with E-state index in [4.69, 9.17) is 0 Å². The van der Waals surface area contributed by atoms with E-state index in [-0.39, 0.29) is 30.1 Å². The molecule has 98 valence electrons. The van der Waals surface area contributed by atoms with Crippen molar-refractivity contribution in [3.63, 3.8) is 0 Å². The van der Waals surface area contributed by atoms with Gasteiger partial charge < -0.3 is 9.88 Å². The van der Waals surface area contributed by atoms with E-state index in [0.717, 1.165) is 0 Å². The Morgan fingerprint density at radius 2 is 1.89 bits per heavy atom. The minimum absolute atomic E-state index is 0.109. The Morgan fingerprint density at radius 1 is 1.16 bits per heavy atom. The van der Waals surface area contributed by atoms with Gasteiger partial charge >= 0.3 is 0 Å². The van der Waals surface area contributed by atoms with E-state index in [2.05, 4.69) is 5.32 Å². The van der Waals surface area contributed by atoms with E-state index in [0.29, 0.717) is 0 Å². The molecule has 19 heavy (non-hydrogen) atoms. The Morgan fingerprint density at radius 3 is 2.63 bits per heavy atom. The van der Waals surface area contributed by atoms with Crippen molar-refractivity contribution in [3.05, 3.63) is 64.8 Å². The monoisotopic (exact) mass is 260 g/mol. The zero-order chi connectivity index (χ0) is 13.7. The Balaban J connectivity index is 1.94. The van der Waals surface area contributed by atoms with Gasteiger partial charge in [-0.05, 0) is 18.2 Å². The van der Waals surface area contributed by atoms with E-state index >= 15 is 0 Å². The summed E-state index contributed by atoms with van der Waals surface area (Å²) in [5.41, 5.74) is -0.0194. The average Bonchev–Trinajstić information content (AvgIpc) is 2.40. The van der Waals surface area contributed by atoms with E-state index in [1.54, 1.807) is 30.5 Å². The molecule has 0 fully saturated rings. The minimum Gasteiger partial charge on any atom is -0.324 e. The standard InChI is InChI=1S/C14H13FN2O2/c15-11-5-1-2-6-12(11)16-13(18)8-10-17-9-4-3-7-14(17)19/h1-7,9H,8,10H2,(H,16,18). The zero-order valence-electron chi connectivity index (χ0n) is 10.2. The number of rotatable bonds is 4. The average molecular weight is 260 g/mol. The Hall–Kier alpha value is -2.43. The predicted octanol–water partition coefficient (Wildman–Crippen LogP) is 2.02. The molecular weight excluding hydrogens is 247 g/mol. The van der Waals surface area contributed by atoms with Crippen LogP contribution in [-0.4, -0.2) is 10.5 Å². The molecule has 0 saturated heterocycles. The number of pyridine rings is 1. The fourth-order valence-electron chi connectivity index (χ4n) is 1.64. The molecule has 0 bridgehead atoms. The molecule has 2 rings (SSSR count). The van der Waals surface area contributed by atoms with Crippen LogP contribution in [0.3, 0.4) is 0 Å². The number of aromatic nitrogens is 1. The van der Waals surface area contributed by atoms with Crippen molar-refractivity contribution in [2.45, 2.75) is 13.0 Å². The first-order valence-electron chi connectivity index (χ1n) is 5.86. The predicted molar refractivity (Wildman–Crippen MR) is 70.3 cm³/mol. The number of para-hydroxylation sites is 1. The van der Waals surface area contributed by atoms with Crippen molar-refractivity contribution in [1.29, 1.82) is 0 Å². The molecule has 0 atom stereocenters. The van der Waals surface area contributed by atoms with E-state index in [9.17, 15) is 14.0 Å². The first kappa shape index (κ1) is 13.0. The van der Waals surface area contributed by atoms with Crippen LogP contribution >= 0.6 is 0 Å². The molecule has 1 heterocycles. The summed E-state index contributed by atoms with van der Waals surface area (Å²) >= 11 is 0. The lowest BCUT2D eigenvalue weighted by Gasteiger charge is -2.07. The quantitative estimate of drug-likeness (QED) is 0.914. The van der Waals surface area contributed by atoms with Crippen LogP contribution in [0.2, 0.25) is 0 Å². The van der Waals surface area contributed by atoms with Gasteiger partial charge in [0.05, 0.1) is 5.69 Å². The molecule has 1 N–H and O–H groups in total. The highest BCUT2D eigenvalue weighted by Gasteiger charge is 2.06. The van der Waals surface area contributed by atoms with Gasteiger partial charge in [-0.3, -0.25) is 9.59 Å². The number of nitrogens with one attached hydrogen (secondary N) is 1. The maximum Gasteiger partial charge on any atom is 0.250 e. The highest BCUT2D eigenvalue weighted by atomic mass is 19.1. The lowest BCUT2D eigenvalue weighted by atomic mass is 10.3. The minimum atomic E-state index is -0.479. The second-order valence-corrected chi connectivity index (χ2v) is 4.01. The molecule has 1 aromatic carbocycles. The summed E-state index contributed by atoms with van der Waals surface area (Å²) in [5, 5.41) is 2.47. The van der Waals surface area contributed by atoms with Crippen molar-refractivity contribution >= 4 is 11.6 Å². The number of benzene rings is 1. The first-order valence-corrected chi connectivity index (χ1v) is 5.86. The second-order valence-electron chi connectivity index (χ2n) is 4.01. The van der Waals surface area contributed by atoms with E-state index in [1.165, 1.54) is 22.8 Å². The van der Waals surface area contributed by atoms with Gasteiger partial charge in [-0.25, -0.2) is 4.39 Å². The summed E-state index contributed by atoms with van der Waals surface area (Å²) < 4.78 is 14.7. The van der Waals surface area contributed by atoms with Gasteiger partial charge in [-0.1, -0.05) is 18.2 Å². The Kier molecular flexibility index (Phi) is 4.07. The van der Waals surface area contributed by atoms with Crippen molar-refractivity contribution in [2.75, 3.05) is 5.32 Å². The number of aryl methyl sites for hydroxylation is 1. The van der Waals surface area contributed by atoms with Crippen LogP contribution in [0.4, 0.5) is 10.1 Å². The maximum absolute atomic E-state index is 13.3. The fraction of sp³-hybridized carbons (Fsp3) is 0.143. The Bertz CT molecular complexity index is 637. The van der Waals surface area contributed by atoms with Crippen LogP contribution in [0.25, 0.3) is 0 Å². The smallest absolute Gasteiger partial charge is 0.250 e. The van der Waals surface area contributed by atoms with Crippen LogP contribution in [0.1, 0.15) is 6.42 Å². The number of anilines is 1. The molecule has 0 radical (unpaired) electrons. The number of carbonyl (C=O) groups excluding carboxylic acids is 1. The summed E-state index contributed by atoms with van der Waals surface area (Å²) in [6.07, 6.45) is 1.72. The zero-order valence-corrected chi connectivity index (χ0v) is 10.2. The van der Waals surface area contributed by atoms with E-state index in [1.807, 2.05) is 0 Å². The molecule has 2 aromatic rings. The van der Waals surface area contributed by atoms with Crippen molar-refractivity contribution in [3.8, 4) is 0 Å². The summed E-state index contributed by atoms with van der Waals surface area (Å²) in [5.74, 6) is -0.811. The molecule has 0 unspecified atom stereocenters.